The SMILES string of the molecule is Cc1cccc(C(=O)N2N=C(C3CCCCC3)CC2(O)C(F)(F)F)c1. The Labute approximate surface area is 144 Å². The molecule has 7 heteroatoms. The minimum absolute atomic E-state index is 0.0799. The zero-order valence-corrected chi connectivity index (χ0v) is 14.0. The smallest absolute Gasteiger partial charge is 0.362 e. The van der Waals surface area contributed by atoms with Crippen molar-refractivity contribution in [2.24, 2.45) is 11.0 Å². The van der Waals surface area contributed by atoms with Gasteiger partial charge in [-0.25, -0.2) is 0 Å². The quantitative estimate of drug-likeness (QED) is 0.872. The Morgan fingerprint density at radius 3 is 2.56 bits per heavy atom. The predicted molar refractivity (Wildman–Crippen MR) is 87.0 cm³/mol. The average Bonchev–Trinajstić information content (AvgIpc) is 2.94. The molecule has 1 aliphatic carbocycles. The van der Waals surface area contributed by atoms with Crippen molar-refractivity contribution >= 4 is 11.6 Å². The van der Waals surface area contributed by atoms with Gasteiger partial charge in [-0.1, -0.05) is 37.0 Å². The lowest BCUT2D eigenvalue weighted by atomic mass is 9.83. The van der Waals surface area contributed by atoms with Crippen LogP contribution in [0.2, 0.25) is 0 Å². The van der Waals surface area contributed by atoms with Gasteiger partial charge in [-0.2, -0.15) is 23.3 Å². The lowest BCUT2D eigenvalue weighted by Crippen LogP contribution is -2.56. The van der Waals surface area contributed by atoms with Crippen LogP contribution < -0.4 is 0 Å². The Morgan fingerprint density at radius 2 is 1.96 bits per heavy atom. The largest absolute Gasteiger partial charge is 0.438 e. The average molecular weight is 354 g/mol. The molecular formula is C18H21F3N2O2. The van der Waals surface area contributed by atoms with E-state index in [0.29, 0.717) is 0 Å². The molecule has 1 unspecified atom stereocenters. The lowest BCUT2D eigenvalue weighted by molar-refractivity contribution is -0.297. The summed E-state index contributed by atoms with van der Waals surface area (Å²) >= 11 is 0. The number of rotatable bonds is 2. The van der Waals surface area contributed by atoms with Gasteiger partial charge in [0, 0.05) is 17.7 Å². The van der Waals surface area contributed by atoms with Gasteiger partial charge in [-0.3, -0.25) is 4.79 Å². The molecule has 1 aromatic rings. The zero-order chi connectivity index (χ0) is 18.2. The number of nitrogens with zero attached hydrogens (tertiary/aromatic N) is 2. The van der Waals surface area contributed by atoms with Crippen LogP contribution >= 0.6 is 0 Å². The minimum Gasteiger partial charge on any atom is -0.362 e. The second-order valence-electron chi connectivity index (χ2n) is 6.90. The first-order valence-corrected chi connectivity index (χ1v) is 8.50. The van der Waals surface area contributed by atoms with E-state index < -0.39 is 24.2 Å². The summed E-state index contributed by atoms with van der Waals surface area (Å²) in [7, 11) is 0. The maximum atomic E-state index is 13.6. The number of amides is 1. The topological polar surface area (TPSA) is 52.9 Å². The van der Waals surface area contributed by atoms with Crippen LogP contribution in [0.25, 0.3) is 0 Å². The van der Waals surface area contributed by atoms with E-state index in [1.807, 2.05) is 0 Å². The molecule has 25 heavy (non-hydrogen) atoms. The molecule has 1 atom stereocenters. The summed E-state index contributed by atoms with van der Waals surface area (Å²) in [4.78, 5) is 12.6. The van der Waals surface area contributed by atoms with E-state index in [4.69, 9.17) is 0 Å². The Kier molecular flexibility index (Phi) is 4.62. The first-order chi connectivity index (χ1) is 11.7. The second kappa shape index (κ2) is 6.44. The van der Waals surface area contributed by atoms with Gasteiger partial charge in [-0.05, 0) is 37.8 Å². The van der Waals surface area contributed by atoms with Crippen LogP contribution in [-0.4, -0.2) is 33.6 Å². The maximum Gasteiger partial charge on any atom is 0.438 e. The number of benzene rings is 1. The zero-order valence-electron chi connectivity index (χ0n) is 14.0. The standard InChI is InChI=1S/C18H21F3N2O2/c1-12-6-5-9-14(10-12)16(24)23-17(25,18(19,20)21)11-15(22-23)13-7-3-2-4-8-13/h5-6,9-10,13,25H,2-4,7-8,11H2,1H3. The van der Waals surface area contributed by atoms with Gasteiger partial charge in [0.15, 0.2) is 0 Å². The molecule has 0 saturated heterocycles. The van der Waals surface area contributed by atoms with Crippen LogP contribution in [0.4, 0.5) is 13.2 Å². The third-order valence-corrected chi connectivity index (χ3v) is 4.99. The van der Waals surface area contributed by atoms with Crippen LogP contribution in [0.15, 0.2) is 29.4 Å². The molecule has 4 nitrogen and oxygen atoms in total. The van der Waals surface area contributed by atoms with Gasteiger partial charge in [0.25, 0.3) is 11.6 Å². The van der Waals surface area contributed by atoms with E-state index in [1.165, 1.54) is 12.1 Å². The van der Waals surface area contributed by atoms with E-state index in [2.05, 4.69) is 5.10 Å². The van der Waals surface area contributed by atoms with Gasteiger partial charge < -0.3 is 5.11 Å². The highest BCUT2D eigenvalue weighted by atomic mass is 19.4. The molecular weight excluding hydrogens is 333 g/mol. The van der Waals surface area contributed by atoms with E-state index in [9.17, 15) is 23.1 Å². The van der Waals surface area contributed by atoms with Crippen LogP contribution in [0.3, 0.4) is 0 Å². The Balaban J connectivity index is 1.96. The monoisotopic (exact) mass is 354 g/mol. The first kappa shape index (κ1) is 17.9. The lowest BCUT2D eigenvalue weighted by Gasteiger charge is -2.32. The van der Waals surface area contributed by atoms with E-state index >= 15 is 0 Å². The molecule has 1 N–H and O–H groups in total. The van der Waals surface area contributed by atoms with Crippen LogP contribution in [0, 0.1) is 12.8 Å². The molecule has 0 bridgehead atoms. The van der Waals surface area contributed by atoms with Gasteiger partial charge in [0.05, 0.1) is 0 Å². The van der Waals surface area contributed by atoms with Crippen LogP contribution in [-0.2, 0) is 0 Å². The van der Waals surface area contributed by atoms with Gasteiger partial charge in [0.2, 0.25) is 0 Å². The van der Waals surface area contributed by atoms with Crippen molar-refractivity contribution in [3.63, 3.8) is 0 Å². The number of aryl methyl sites for hydroxylation is 1. The molecule has 3 rings (SSSR count). The Hall–Kier alpha value is -1.89. The third kappa shape index (κ3) is 3.29. The molecule has 136 valence electrons. The maximum absolute atomic E-state index is 13.6. The van der Waals surface area contributed by atoms with Crippen molar-refractivity contribution in [3.05, 3.63) is 35.4 Å². The number of carbonyl (C=O) groups excluding carboxylic acids is 1. The summed E-state index contributed by atoms with van der Waals surface area (Å²) in [5.41, 5.74) is -2.17. The molecule has 1 heterocycles. The Bertz CT molecular complexity index is 696. The third-order valence-electron chi connectivity index (χ3n) is 4.99. The van der Waals surface area contributed by atoms with E-state index in [1.54, 1.807) is 19.1 Å². The highest BCUT2D eigenvalue weighted by molar-refractivity contribution is 5.99. The molecule has 2 aliphatic rings. The molecule has 1 fully saturated rings. The summed E-state index contributed by atoms with van der Waals surface area (Å²) in [6.07, 6.45) is -1.23. The summed E-state index contributed by atoms with van der Waals surface area (Å²) in [5, 5.41) is 14.6. The van der Waals surface area contributed by atoms with Gasteiger partial charge in [-0.15, -0.1) is 0 Å². The summed E-state index contributed by atoms with van der Waals surface area (Å²) in [5.74, 6) is -1.03. The fourth-order valence-corrected chi connectivity index (χ4v) is 3.57. The predicted octanol–water partition coefficient (Wildman–Crippen LogP) is 4.03. The van der Waals surface area contributed by atoms with Crippen molar-refractivity contribution in [2.75, 3.05) is 0 Å². The van der Waals surface area contributed by atoms with Crippen molar-refractivity contribution in [1.29, 1.82) is 0 Å². The number of carbonyl (C=O) groups is 1. The van der Waals surface area contributed by atoms with Crippen LogP contribution in [0.5, 0.6) is 0 Å². The highest BCUT2D eigenvalue weighted by Gasteiger charge is 2.63. The summed E-state index contributed by atoms with van der Waals surface area (Å²) in [6.45, 7) is 1.74. The van der Waals surface area contributed by atoms with Crippen molar-refractivity contribution in [1.82, 2.24) is 5.01 Å². The normalized spacial score (nSPS) is 25.2. The fraction of sp³-hybridized carbons (Fsp3) is 0.556. The summed E-state index contributed by atoms with van der Waals surface area (Å²) < 4.78 is 40.7. The highest BCUT2D eigenvalue weighted by Crippen LogP contribution is 2.43. The number of aliphatic hydroxyl groups is 1. The molecule has 0 spiro atoms. The van der Waals surface area contributed by atoms with Crippen molar-refractivity contribution < 1.29 is 23.1 Å². The number of hydrazone groups is 1. The van der Waals surface area contributed by atoms with Crippen molar-refractivity contribution in [2.45, 2.75) is 57.3 Å². The number of hydrogen-bond donors (Lipinski definition) is 1. The Morgan fingerprint density at radius 1 is 1.28 bits per heavy atom. The van der Waals surface area contributed by atoms with Crippen molar-refractivity contribution in [3.8, 4) is 0 Å². The number of hydrogen-bond acceptors (Lipinski definition) is 3. The van der Waals surface area contributed by atoms with E-state index in [0.717, 1.165) is 37.7 Å². The van der Waals surface area contributed by atoms with Crippen LogP contribution in [0.1, 0.15) is 54.4 Å². The fourth-order valence-electron chi connectivity index (χ4n) is 3.57. The minimum atomic E-state index is -4.98. The molecule has 0 radical (unpaired) electrons. The molecule has 1 aromatic carbocycles. The van der Waals surface area contributed by atoms with Gasteiger partial charge >= 0.3 is 6.18 Å². The molecule has 1 aliphatic heterocycles. The van der Waals surface area contributed by atoms with E-state index in [-0.39, 0.29) is 22.2 Å². The van der Waals surface area contributed by atoms with Gasteiger partial charge in [0.1, 0.15) is 0 Å². The molecule has 1 amide bonds. The number of halogens is 3. The second-order valence-corrected chi connectivity index (χ2v) is 6.90. The molecule has 0 aromatic heterocycles. The number of alkyl halides is 3. The summed E-state index contributed by atoms with van der Waals surface area (Å²) in [6, 6.07) is 6.26. The molecule has 1 saturated carbocycles. The first-order valence-electron chi connectivity index (χ1n) is 8.50.